The number of hydrogen-bond acceptors (Lipinski definition) is 10. The van der Waals surface area contributed by atoms with Crippen molar-refractivity contribution in [3.63, 3.8) is 0 Å². The lowest BCUT2D eigenvalue weighted by atomic mass is 9.85. The van der Waals surface area contributed by atoms with Crippen molar-refractivity contribution in [2.75, 3.05) is 33.9 Å². The third-order valence-electron chi connectivity index (χ3n) is 7.81. The summed E-state index contributed by atoms with van der Waals surface area (Å²) >= 11 is 0.728. The number of nitrogens with zero attached hydrogens (tertiary/aromatic N) is 2. The molecule has 45 heavy (non-hydrogen) atoms. The molecule has 246 valence electrons. The number of likely N-dealkylation sites (N-methyl/N-ethyl adjacent to an activating group) is 1. The van der Waals surface area contributed by atoms with Gasteiger partial charge in [-0.25, -0.2) is 8.42 Å². The number of thioether (sulfide) groups is 1. The van der Waals surface area contributed by atoms with Crippen molar-refractivity contribution in [1.82, 2.24) is 14.8 Å². The quantitative estimate of drug-likeness (QED) is 0.221. The van der Waals surface area contributed by atoms with E-state index in [2.05, 4.69) is 14.4 Å². The fraction of sp³-hybridized carbons (Fsp3) is 0.500. The lowest BCUT2D eigenvalue weighted by Gasteiger charge is -2.25. The highest BCUT2D eigenvalue weighted by Crippen LogP contribution is 2.62. The number of rotatable bonds is 14. The molecule has 1 amide bonds. The Balaban J connectivity index is 1.58. The molecule has 1 aliphatic heterocycles. The van der Waals surface area contributed by atoms with Crippen LogP contribution in [0.2, 0.25) is 0 Å². The van der Waals surface area contributed by atoms with Gasteiger partial charge in [-0.2, -0.15) is 17.9 Å². The first kappa shape index (κ1) is 34.5. The average molecular weight is 676 g/mol. The van der Waals surface area contributed by atoms with Gasteiger partial charge in [0.05, 0.1) is 24.2 Å². The van der Waals surface area contributed by atoms with Gasteiger partial charge in [0, 0.05) is 44.7 Å². The smallest absolute Gasteiger partial charge is 0.452 e. The van der Waals surface area contributed by atoms with Crippen LogP contribution in [0.4, 0.5) is 13.2 Å². The number of allylic oxidation sites excluding steroid dienone is 1. The molecule has 1 fully saturated rings. The molecule has 0 radical (unpaired) electrons. The summed E-state index contributed by atoms with van der Waals surface area (Å²) in [5.41, 5.74) is -2.59. The van der Waals surface area contributed by atoms with Crippen LogP contribution >= 0.6 is 11.8 Å². The van der Waals surface area contributed by atoms with Crippen LogP contribution < -0.4 is 4.72 Å². The first-order valence-electron chi connectivity index (χ1n) is 13.7. The molecule has 4 rings (SSSR count). The summed E-state index contributed by atoms with van der Waals surface area (Å²) in [7, 11) is -1.36. The normalized spacial score (nSPS) is 23.0. The summed E-state index contributed by atoms with van der Waals surface area (Å²) in [6.45, 7) is 1.87. The number of methoxy groups -OCH3 is 1. The van der Waals surface area contributed by atoms with E-state index in [9.17, 15) is 41.1 Å². The van der Waals surface area contributed by atoms with Crippen LogP contribution in [0.5, 0.6) is 0 Å². The predicted octanol–water partition coefficient (Wildman–Crippen LogP) is 3.86. The second-order valence-corrected chi connectivity index (χ2v) is 13.9. The molecule has 1 saturated carbocycles. The van der Waals surface area contributed by atoms with Crippen LogP contribution in [0.25, 0.3) is 0 Å². The van der Waals surface area contributed by atoms with Crippen LogP contribution in [0.1, 0.15) is 65.2 Å². The van der Waals surface area contributed by atoms with Crippen molar-refractivity contribution >= 4 is 39.6 Å². The topological polar surface area (TPSA) is 165 Å². The van der Waals surface area contributed by atoms with Gasteiger partial charge in [-0.1, -0.05) is 23.4 Å². The third kappa shape index (κ3) is 7.21. The predicted molar refractivity (Wildman–Crippen MR) is 154 cm³/mol. The Morgan fingerprint density at radius 2 is 1.91 bits per heavy atom. The summed E-state index contributed by atoms with van der Waals surface area (Å²) in [5, 5.41) is 13.1. The molecule has 1 aromatic carbocycles. The van der Waals surface area contributed by atoms with Gasteiger partial charge in [0.2, 0.25) is 15.8 Å². The molecule has 1 aliphatic carbocycles. The molecule has 2 N–H and O–H groups in total. The third-order valence-corrected chi connectivity index (χ3v) is 11.2. The number of esters is 1. The van der Waals surface area contributed by atoms with Gasteiger partial charge in [-0.05, 0) is 43.4 Å². The Labute approximate surface area is 261 Å². The van der Waals surface area contributed by atoms with E-state index in [-0.39, 0.29) is 48.1 Å². The van der Waals surface area contributed by atoms with E-state index in [0.717, 1.165) is 11.8 Å². The monoisotopic (exact) mass is 675 g/mol. The van der Waals surface area contributed by atoms with Crippen molar-refractivity contribution < 1.29 is 55.1 Å². The maximum Gasteiger partial charge on any atom is 0.452 e. The van der Waals surface area contributed by atoms with E-state index in [0.29, 0.717) is 30.3 Å². The zero-order valence-electron chi connectivity index (χ0n) is 24.5. The average Bonchev–Trinajstić information content (AvgIpc) is 3.35. The highest BCUT2D eigenvalue weighted by Gasteiger charge is 2.74. The maximum atomic E-state index is 13.6. The van der Waals surface area contributed by atoms with Crippen LogP contribution in [0.15, 0.2) is 45.2 Å². The molecular weight excluding hydrogens is 643 g/mol. The largest absolute Gasteiger partial charge is 0.480 e. The van der Waals surface area contributed by atoms with E-state index < -0.39 is 50.1 Å². The molecule has 12 nitrogen and oxygen atoms in total. The van der Waals surface area contributed by atoms with Gasteiger partial charge < -0.3 is 24.0 Å². The van der Waals surface area contributed by atoms with Crippen molar-refractivity contribution in [3.05, 3.63) is 63.2 Å². The number of aliphatic carboxylic acids is 1. The van der Waals surface area contributed by atoms with Crippen LogP contribution in [0, 0.1) is 0 Å². The fourth-order valence-electron chi connectivity index (χ4n) is 5.38. The summed E-state index contributed by atoms with van der Waals surface area (Å²) in [4.78, 5) is 38.4. The number of sulfonamides is 1. The SMILES string of the molecule is COCCN(C)C(=O)c1ccc(C2(CCCOC(C)=O)CC2(NS(=O)(=O)C2=CCC(c3cc(C(F)(F)F)on3)S2)C(=O)O)cc1. The molecule has 0 saturated heterocycles. The van der Waals surface area contributed by atoms with E-state index in [1.54, 1.807) is 19.2 Å². The number of ether oxygens (including phenoxy) is 2. The first-order chi connectivity index (χ1) is 21.1. The molecule has 17 heteroatoms. The number of amides is 1. The molecule has 3 atom stereocenters. The number of nitrogens with one attached hydrogen (secondary N) is 1. The molecule has 2 aliphatic rings. The summed E-state index contributed by atoms with van der Waals surface area (Å²) < 4.78 is 82.5. The highest BCUT2D eigenvalue weighted by atomic mass is 32.3. The van der Waals surface area contributed by atoms with Gasteiger partial charge in [0.25, 0.3) is 5.91 Å². The second-order valence-electron chi connectivity index (χ2n) is 10.8. The number of alkyl halides is 3. The summed E-state index contributed by atoms with van der Waals surface area (Å²) in [5.74, 6) is -3.58. The van der Waals surface area contributed by atoms with Crippen molar-refractivity contribution in [2.45, 2.75) is 55.0 Å². The van der Waals surface area contributed by atoms with Gasteiger partial charge in [0.15, 0.2) is 0 Å². The lowest BCUT2D eigenvalue weighted by Crippen LogP contribution is -2.49. The Morgan fingerprint density at radius 3 is 2.49 bits per heavy atom. The number of aromatic nitrogens is 1. The minimum absolute atomic E-state index is 0.0205. The second kappa shape index (κ2) is 13.1. The molecule has 2 heterocycles. The van der Waals surface area contributed by atoms with Gasteiger partial charge >= 0.3 is 18.1 Å². The van der Waals surface area contributed by atoms with Crippen LogP contribution in [0.3, 0.4) is 0 Å². The van der Waals surface area contributed by atoms with Gasteiger partial charge in [0.1, 0.15) is 9.78 Å². The molecular formula is C28H32F3N3O9S2. The highest BCUT2D eigenvalue weighted by molar-refractivity contribution is 8.18. The Morgan fingerprint density at radius 1 is 1.22 bits per heavy atom. The minimum atomic E-state index is -4.76. The lowest BCUT2D eigenvalue weighted by molar-refractivity contribution is -0.155. The number of carboxylic acid groups (broad SMARTS) is 1. The van der Waals surface area contributed by atoms with Gasteiger partial charge in [-0.15, -0.1) is 11.8 Å². The van der Waals surface area contributed by atoms with Crippen LogP contribution in [-0.4, -0.2) is 80.9 Å². The number of hydrogen-bond donors (Lipinski definition) is 2. The van der Waals surface area contributed by atoms with Gasteiger partial charge in [-0.3, -0.25) is 14.4 Å². The molecule has 1 aromatic heterocycles. The number of benzene rings is 1. The van der Waals surface area contributed by atoms with E-state index in [1.807, 2.05) is 0 Å². The van der Waals surface area contributed by atoms with Crippen LogP contribution in [-0.2, 0) is 40.7 Å². The minimum Gasteiger partial charge on any atom is -0.480 e. The summed E-state index contributed by atoms with van der Waals surface area (Å²) in [6.07, 6.45) is -3.26. The van der Waals surface area contributed by atoms with E-state index in [1.165, 1.54) is 37.1 Å². The Kier molecular flexibility index (Phi) is 10.1. The molecule has 2 aromatic rings. The standard InChI is InChI=1S/C28H32F3N3O9S2/c1-17(35)42-13-4-11-26(19-7-5-18(6-8-19)24(36)34(2)12-14-41-3)16-27(26,25(37)38)33-45(39,40)23-10-9-21(44-23)20-15-22(43-32-20)28(29,30)31/h5-8,10,15,21,33H,4,9,11-14,16H2,1-3H3,(H,37,38). The first-order valence-corrected chi connectivity index (χ1v) is 16.1. The van der Waals surface area contributed by atoms with E-state index >= 15 is 0 Å². The van der Waals surface area contributed by atoms with Crippen molar-refractivity contribution in [2.24, 2.45) is 0 Å². The number of carbonyl (C=O) groups excluding carboxylic acids is 2. The Bertz CT molecular complexity index is 1580. The van der Waals surface area contributed by atoms with Crippen molar-refractivity contribution in [1.29, 1.82) is 0 Å². The molecule has 0 bridgehead atoms. The maximum absolute atomic E-state index is 13.6. The zero-order valence-corrected chi connectivity index (χ0v) is 26.2. The summed E-state index contributed by atoms with van der Waals surface area (Å²) in [6, 6.07) is 6.91. The van der Waals surface area contributed by atoms with Crippen molar-refractivity contribution in [3.8, 4) is 0 Å². The Hall–Kier alpha value is -3.41. The number of halogens is 3. The molecule has 0 spiro atoms. The van der Waals surface area contributed by atoms with E-state index in [4.69, 9.17) is 9.47 Å². The zero-order chi connectivity index (χ0) is 33.2. The number of carboxylic acids is 1. The fourth-order valence-corrected chi connectivity index (χ4v) is 8.49. The number of carbonyl (C=O) groups is 3. The molecule has 3 unspecified atom stereocenters.